The summed E-state index contributed by atoms with van der Waals surface area (Å²) in [6.45, 7) is 0. The van der Waals surface area contributed by atoms with Crippen LogP contribution in [0.1, 0.15) is 16.9 Å². The lowest BCUT2D eigenvalue weighted by Gasteiger charge is -2.12. The van der Waals surface area contributed by atoms with Crippen molar-refractivity contribution in [2.24, 2.45) is 0 Å². The van der Waals surface area contributed by atoms with E-state index in [1.54, 1.807) is 29.0 Å². The second kappa shape index (κ2) is 7.19. The van der Waals surface area contributed by atoms with Crippen molar-refractivity contribution in [2.75, 3.05) is 0 Å². The first-order valence-electron chi connectivity index (χ1n) is 8.59. The predicted octanol–water partition coefficient (Wildman–Crippen LogP) is 4.56. The fraction of sp³-hybridized carbons (Fsp3) is 0.0435. The molecule has 0 saturated carbocycles. The molecule has 4 heteroatoms. The van der Waals surface area contributed by atoms with Crippen LogP contribution in [0.2, 0.25) is 0 Å². The third-order valence-electron chi connectivity index (χ3n) is 4.40. The zero-order valence-corrected chi connectivity index (χ0v) is 14.5. The van der Waals surface area contributed by atoms with Gasteiger partial charge in [-0.3, -0.25) is 9.36 Å². The molecule has 0 saturated heterocycles. The van der Waals surface area contributed by atoms with Crippen molar-refractivity contribution in [1.82, 2.24) is 4.57 Å². The van der Waals surface area contributed by atoms with E-state index >= 15 is 0 Å². The number of benzene rings is 2. The first kappa shape index (κ1) is 16.6. The van der Waals surface area contributed by atoms with E-state index in [1.807, 2.05) is 60.8 Å². The number of nitriles is 1. The fourth-order valence-electron chi connectivity index (χ4n) is 3.14. The van der Waals surface area contributed by atoms with Gasteiger partial charge in [-0.25, -0.2) is 0 Å². The Hall–Kier alpha value is -3.84. The minimum absolute atomic E-state index is 0.160. The van der Waals surface area contributed by atoms with E-state index in [0.29, 0.717) is 23.1 Å². The Kier molecular flexibility index (Phi) is 4.42. The summed E-state index contributed by atoms with van der Waals surface area (Å²) in [5, 5.41) is 9.46. The molecule has 4 rings (SSSR count). The fourth-order valence-corrected chi connectivity index (χ4v) is 3.14. The summed E-state index contributed by atoms with van der Waals surface area (Å²) >= 11 is 0. The Labute approximate surface area is 156 Å². The number of furan rings is 1. The molecule has 0 atom stereocenters. The second-order valence-corrected chi connectivity index (χ2v) is 6.19. The van der Waals surface area contributed by atoms with Crippen LogP contribution in [0.15, 0.2) is 94.5 Å². The highest BCUT2D eigenvalue weighted by Gasteiger charge is 2.14. The van der Waals surface area contributed by atoms with Gasteiger partial charge in [0.1, 0.15) is 5.76 Å². The Bertz CT molecular complexity index is 1170. The third-order valence-corrected chi connectivity index (χ3v) is 4.40. The molecule has 4 aromatic rings. The lowest BCUT2D eigenvalue weighted by Crippen LogP contribution is -2.21. The molecule has 0 fully saturated rings. The minimum Gasteiger partial charge on any atom is -0.469 e. The molecular formula is C23H16N2O2. The molecule has 0 radical (unpaired) electrons. The van der Waals surface area contributed by atoms with E-state index in [-0.39, 0.29) is 5.56 Å². The van der Waals surface area contributed by atoms with Crippen LogP contribution in [0.25, 0.3) is 16.8 Å². The van der Waals surface area contributed by atoms with Gasteiger partial charge in [0.2, 0.25) is 0 Å². The highest BCUT2D eigenvalue weighted by atomic mass is 16.3. The monoisotopic (exact) mass is 352 g/mol. The largest absolute Gasteiger partial charge is 0.469 e. The number of para-hydroxylation sites is 1. The molecular weight excluding hydrogens is 336 g/mol. The first-order valence-corrected chi connectivity index (χ1v) is 8.59. The smallest absolute Gasteiger partial charge is 0.263 e. The van der Waals surface area contributed by atoms with Crippen molar-refractivity contribution < 1.29 is 4.42 Å². The molecule has 0 spiro atoms. The van der Waals surface area contributed by atoms with Crippen LogP contribution >= 0.6 is 0 Å². The average molecular weight is 352 g/mol. The van der Waals surface area contributed by atoms with Gasteiger partial charge in [0.25, 0.3) is 5.56 Å². The van der Waals surface area contributed by atoms with Crippen molar-refractivity contribution in [3.63, 3.8) is 0 Å². The first-order chi connectivity index (χ1) is 13.3. The second-order valence-electron chi connectivity index (χ2n) is 6.19. The average Bonchev–Trinajstić information content (AvgIpc) is 3.23. The van der Waals surface area contributed by atoms with E-state index in [0.717, 1.165) is 17.0 Å². The van der Waals surface area contributed by atoms with E-state index in [2.05, 4.69) is 6.07 Å². The van der Waals surface area contributed by atoms with Gasteiger partial charge in [-0.05, 0) is 42.0 Å². The normalized spacial score (nSPS) is 10.5. The maximum atomic E-state index is 13.2. The van der Waals surface area contributed by atoms with Crippen LogP contribution in [-0.2, 0) is 6.42 Å². The lowest BCUT2D eigenvalue weighted by molar-refractivity contribution is 0.520. The lowest BCUT2D eigenvalue weighted by atomic mass is 9.99. The van der Waals surface area contributed by atoms with Gasteiger partial charge >= 0.3 is 0 Å². The van der Waals surface area contributed by atoms with E-state index in [9.17, 15) is 10.1 Å². The highest BCUT2D eigenvalue weighted by Crippen LogP contribution is 2.23. The predicted molar refractivity (Wildman–Crippen MR) is 104 cm³/mol. The van der Waals surface area contributed by atoms with Crippen molar-refractivity contribution in [1.29, 1.82) is 5.26 Å². The van der Waals surface area contributed by atoms with Crippen molar-refractivity contribution >= 4 is 0 Å². The van der Waals surface area contributed by atoms with Crippen molar-refractivity contribution in [3.05, 3.63) is 112 Å². The SMILES string of the molecule is N#Cc1ccccc1-c1cc(Cc2ccco2)cn(-c2ccccc2)c1=O. The quantitative estimate of drug-likeness (QED) is 0.541. The van der Waals surface area contributed by atoms with Gasteiger partial charge in [-0.1, -0.05) is 36.4 Å². The maximum Gasteiger partial charge on any atom is 0.263 e. The van der Waals surface area contributed by atoms with Gasteiger partial charge < -0.3 is 4.42 Å². The number of aromatic nitrogens is 1. The number of hydrogen-bond donors (Lipinski definition) is 0. The number of hydrogen-bond acceptors (Lipinski definition) is 3. The Morgan fingerprint density at radius 1 is 0.926 bits per heavy atom. The summed E-state index contributed by atoms with van der Waals surface area (Å²) in [5.41, 5.74) is 3.16. The number of nitrogens with zero attached hydrogens (tertiary/aromatic N) is 2. The molecule has 0 aliphatic carbocycles. The Morgan fingerprint density at radius 2 is 1.70 bits per heavy atom. The minimum atomic E-state index is -0.160. The van der Waals surface area contributed by atoms with Crippen LogP contribution < -0.4 is 5.56 Å². The molecule has 0 aliphatic rings. The molecule has 130 valence electrons. The van der Waals surface area contributed by atoms with Crippen LogP contribution in [-0.4, -0.2) is 4.57 Å². The topological polar surface area (TPSA) is 58.9 Å². The van der Waals surface area contributed by atoms with E-state index in [1.165, 1.54) is 0 Å². The number of rotatable bonds is 4. The van der Waals surface area contributed by atoms with Gasteiger partial charge in [0.05, 0.1) is 17.9 Å². The van der Waals surface area contributed by atoms with E-state index < -0.39 is 0 Å². The Morgan fingerprint density at radius 3 is 2.44 bits per heavy atom. The van der Waals surface area contributed by atoms with Gasteiger partial charge in [0.15, 0.2) is 0 Å². The molecule has 4 nitrogen and oxygen atoms in total. The molecule has 2 aromatic heterocycles. The standard InChI is InChI=1S/C23H16N2O2/c24-15-18-7-4-5-11-21(18)22-14-17(13-20-10-6-12-27-20)16-25(23(22)26)19-8-2-1-3-9-19/h1-12,14,16H,13H2. The zero-order valence-electron chi connectivity index (χ0n) is 14.5. The maximum absolute atomic E-state index is 13.2. The van der Waals surface area contributed by atoms with Crippen LogP contribution in [0.3, 0.4) is 0 Å². The summed E-state index contributed by atoms with van der Waals surface area (Å²) < 4.78 is 7.09. The van der Waals surface area contributed by atoms with Gasteiger partial charge in [-0.15, -0.1) is 0 Å². The summed E-state index contributed by atoms with van der Waals surface area (Å²) in [6.07, 6.45) is 4.02. The van der Waals surface area contributed by atoms with E-state index in [4.69, 9.17) is 4.42 Å². The summed E-state index contributed by atoms with van der Waals surface area (Å²) in [5.74, 6) is 0.813. The zero-order chi connectivity index (χ0) is 18.6. The van der Waals surface area contributed by atoms with Crippen molar-refractivity contribution in [3.8, 4) is 22.9 Å². The molecule has 0 N–H and O–H groups in total. The molecule has 2 aromatic carbocycles. The molecule has 2 heterocycles. The third kappa shape index (κ3) is 3.31. The van der Waals surface area contributed by atoms with Crippen molar-refractivity contribution in [2.45, 2.75) is 6.42 Å². The van der Waals surface area contributed by atoms with Gasteiger partial charge in [0, 0.05) is 29.4 Å². The Balaban J connectivity index is 1.95. The molecule has 27 heavy (non-hydrogen) atoms. The van der Waals surface area contributed by atoms with Gasteiger partial charge in [-0.2, -0.15) is 5.26 Å². The number of pyridine rings is 1. The molecule has 0 bridgehead atoms. The summed E-state index contributed by atoms with van der Waals surface area (Å²) in [4.78, 5) is 13.2. The van der Waals surface area contributed by atoms with Crippen LogP contribution in [0.5, 0.6) is 0 Å². The molecule has 0 aliphatic heterocycles. The van der Waals surface area contributed by atoms with Crippen LogP contribution in [0, 0.1) is 11.3 Å². The highest BCUT2D eigenvalue weighted by molar-refractivity contribution is 5.70. The summed E-state index contributed by atoms with van der Waals surface area (Å²) in [6, 6.07) is 24.4. The van der Waals surface area contributed by atoms with Crippen LogP contribution in [0.4, 0.5) is 0 Å². The molecule has 0 amide bonds. The summed E-state index contributed by atoms with van der Waals surface area (Å²) in [7, 11) is 0. The molecule has 0 unspecified atom stereocenters.